The number of nitrogens with one attached hydrogen (secondary N) is 1. The van der Waals surface area contributed by atoms with Gasteiger partial charge in [0.25, 0.3) is 0 Å². The van der Waals surface area contributed by atoms with E-state index in [9.17, 15) is 0 Å². The van der Waals surface area contributed by atoms with Gasteiger partial charge in [-0.3, -0.25) is 4.90 Å². The van der Waals surface area contributed by atoms with E-state index in [0.717, 1.165) is 44.1 Å². The second kappa shape index (κ2) is 6.40. The van der Waals surface area contributed by atoms with Crippen LogP contribution in [-0.4, -0.2) is 63.1 Å². The van der Waals surface area contributed by atoms with Gasteiger partial charge in [-0.1, -0.05) is 6.07 Å². The maximum absolute atomic E-state index is 5.10. The smallest absolute Gasteiger partial charge is 0.212 e. The summed E-state index contributed by atoms with van der Waals surface area (Å²) in [6, 6.07) is 3.97. The van der Waals surface area contributed by atoms with E-state index in [0.29, 0.717) is 11.5 Å². The Balaban J connectivity index is 1.40. The van der Waals surface area contributed by atoms with Gasteiger partial charge in [0, 0.05) is 45.0 Å². The standard InChI is InChI=1S/C16H19N7O/c1-24-13-3-2-12(8-17-13)9-22-4-6-23(7-5-22)16-14-15(19-10-18-14)20-11-21-16/h2-3,8,10-11H,4-7,9H2,1H3,(H,18,19,20,21). The van der Waals surface area contributed by atoms with Gasteiger partial charge in [0.1, 0.15) is 11.8 Å². The van der Waals surface area contributed by atoms with Crippen molar-refractivity contribution in [2.75, 3.05) is 38.2 Å². The van der Waals surface area contributed by atoms with Gasteiger partial charge in [-0.2, -0.15) is 0 Å². The highest BCUT2D eigenvalue weighted by Crippen LogP contribution is 2.21. The minimum Gasteiger partial charge on any atom is -0.481 e. The van der Waals surface area contributed by atoms with Crippen LogP contribution in [0.2, 0.25) is 0 Å². The number of hydrogen-bond acceptors (Lipinski definition) is 7. The van der Waals surface area contributed by atoms with Crippen molar-refractivity contribution < 1.29 is 4.74 Å². The van der Waals surface area contributed by atoms with Crippen LogP contribution in [0.4, 0.5) is 5.82 Å². The number of piperazine rings is 1. The molecule has 124 valence electrons. The van der Waals surface area contributed by atoms with Gasteiger partial charge < -0.3 is 14.6 Å². The molecular weight excluding hydrogens is 306 g/mol. The summed E-state index contributed by atoms with van der Waals surface area (Å²) in [4.78, 5) is 24.9. The van der Waals surface area contributed by atoms with Crippen molar-refractivity contribution in [3.8, 4) is 5.88 Å². The lowest BCUT2D eigenvalue weighted by molar-refractivity contribution is 0.249. The summed E-state index contributed by atoms with van der Waals surface area (Å²) >= 11 is 0. The van der Waals surface area contributed by atoms with Crippen molar-refractivity contribution in [3.63, 3.8) is 0 Å². The van der Waals surface area contributed by atoms with Gasteiger partial charge in [0.05, 0.1) is 13.4 Å². The summed E-state index contributed by atoms with van der Waals surface area (Å²) in [5.74, 6) is 1.58. The highest BCUT2D eigenvalue weighted by Gasteiger charge is 2.20. The van der Waals surface area contributed by atoms with Crippen LogP contribution in [0.1, 0.15) is 5.56 Å². The molecule has 1 saturated heterocycles. The molecule has 3 aromatic rings. The van der Waals surface area contributed by atoms with Gasteiger partial charge >= 0.3 is 0 Å². The van der Waals surface area contributed by atoms with E-state index in [1.54, 1.807) is 19.8 Å². The Kier molecular flexibility index (Phi) is 3.96. The Morgan fingerprint density at radius 3 is 2.71 bits per heavy atom. The number of fused-ring (bicyclic) bond motifs is 1. The molecule has 0 radical (unpaired) electrons. The molecule has 4 heterocycles. The number of aromatic nitrogens is 5. The first-order valence-corrected chi connectivity index (χ1v) is 7.94. The average Bonchev–Trinajstić information content (AvgIpc) is 3.12. The predicted octanol–water partition coefficient (Wildman–Crippen LogP) is 1.08. The number of methoxy groups -OCH3 is 1. The number of imidazole rings is 1. The number of rotatable bonds is 4. The Morgan fingerprint density at radius 1 is 1.08 bits per heavy atom. The van der Waals surface area contributed by atoms with E-state index < -0.39 is 0 Å². The summed E-state index contributed by atoms with van der Waals surface area (Å²) in [6.45, 7) is 4.70. The summed E-state index contributed by atoms with van der Waals surface area (Å²) in [5.41, 5.74) is 2.82. The largest absolute Gasteiger partial charge is 0.481 e. The van der Waals surface area contributed by atoms with Crippen LogP contribution in [0.3, 0.4) is 0 Å². The summed E-state index contributed by atoms with van der Waals surface area (Å²) < 4.78 is 5.10. The third-order valence-corrected chi connectivity index (χ3v) is 4.29. The fourth-order valence-corrected chi connectivity index (χ4v) is 2.99. The van der Waals surface area contributed by atoms with Crippen LogP contribution in [0.15, 0.2) is 31.0 Å². The third-order valence-electron chi connectivity index (χ3n) is 4.29. The highest BCUT2D eigenvalue weighted by molar-refractivity contribution is 5.82. The average molecular weight is 325 g/mol. The lowest BCUT2D eigenvalue weighted by atomic mass is 10.2. The van der Waals surface area contributed by atoms with Crippen LogP contribution in [-0.2, 0) is 6.54 Å². The predicted molar refractivity (Wildman–Crippen MR) is 90.0 cm³/mol. The molecule has 0 bridgehead atoms. The normalized spacial score (nSPS) is 15.8. The molecule has 1 aliphatic rings. The van der Waals surface area contributed by atoms with Crippen molar-refractivity contribution in [2.24, 2.45) is 0 Å². The maximum atomic E-state index is 5.10. The molecule has 8 nitrogen and oxygen atoms in total. The number of H-pyrrole nitrogens is 1. The molecule has 0 unspecified atom stereocenters. The zero-order valence-corrected chi connectivity index (χ0v) is 13.5. The number of nitrogens with zero attached hydrogens (tertiary/aromatic N) is 6. The van der Waals surface area contributed by atoms with Crippen LogP contribution in [0.25, 0.3) is 11.2 Å². The number of hydrogen-bond donors (Lipinski definition) is 1. The van der Waals surface area contributed by atoms with Crippen molar-refractivity contribution >= 4 is 17.0 Å². The lowest BCUT2D eigenvalue weighted by Gasteiger charge is -2.35. The Labute approximate surface area is 139 Å². The molecule has 1 fully saturated rings. The number of ether oxygens (including phenoxy) is 1. The molecule has 0 spiro atoms. The van der Waals surface area contributed by atoms with Gasteiger partial charge in [-0.25, -0.2) is 19.9 Å². The molecule has 1 N–H and O–H groups in total. The van der Waals surface area contributed by atoms with Crippen LogP contribution in [0.5, 0.6) is 5.88 Å². The topological polar surface area (TPSA) is 83.1 Å². The lowest BCUT2D eigenvalue weighted by Crippen LogP contribution is -2.46. The first-order chi connectivity index (χ1) is 11.8. The van der Waals surface area contributed by atoms with Gasteiger partial charge in [-0.15, -0.1) is 0 Å². The van der Waals surface area contributed by atoms with Crippen molar-refractivity contribution in [2.45, 2.75) is 6.54 Å². The number of aromatic amines is 1. The first kappa shape index (κ1) is 14.8. The molecule has 1 aliphatic heterocycles. The number of pyridine rings is 1. The minimum atomic E-state index is 0.649. The molecule has 0 amide bonds. The van der Waals surface area contributed by atoms with Crippen molar-refractivity contribution in [1.29, 1.82) is 0 Å². The fraction of sp³-hybridized carbons (Fsp3) is 0.375. The van der Waals surface area contributed by atoms with E-state index in [2.05, 4.69) is 40.8 Å². The molecule has 0 atom stereocenters. The van der Waals surface area contributed by atoms with Crippen LogP contribution < -0.4 is 9.64 Å². The van der Waals surface area contributed by atoms with Crippen LogP contribution >= 0.6 is 0 Å². The molecule has 0 aromatic carbocycles. The fourth-order valence-electron chi connectivity index (χ4n) is 2.99. The highest BCUT2D eigenvalue weighted by atomic mass is 16.5. The van der Waals surface area contributed by atoms with E-state index in [1.165, 1.54) is 5.56 Å². The molecule has 3 aromatic heterocycles. The molecule has 0 aliphatic carbocycles. The maximum Gasteiger partial charge on any atom is 0.212 e. The Morgan fingerprint density at radius 2 is 1.96 bits per heavy atom. The zero-order valence-electron chi connectivity index (χ0n) is 13.5. The van der Waals surface area contributed by atoms with E-state index >= 15 is 0 Å². The van der Waals surface area contributed by atoms with Crippen molar-refractivity contribution in [1.82, 2.24) is 29.8 Å². The van der Waals surface area contributed by atoms with Gasteiger partial charge in [0.2, 0.25) is 5.88 Å². The van der Waals surface area contributed by atoms with Crippen LogP contribution in [0, 0.1) is 0 Å². The summed E-state index contributed by atoms with van der Waals surface area (Å²) in [7, 11) is 1.63. The van der Waals surface area contributed by atoms with E-state index in [1.807, 2.05) is 12.3 Å². The van der Waals surface area contributed by atoms with Gasteiger partial charge in [0.15, 0.2) is 11.5 Å². The summed E-state index contributed by atoms with van der Waals surface area (Å²) in [6.07, 6.45) is 5.12. The molecular formula is C16H19N7O. The molecule has 0 saturated carbocycles. The second-order valence-electron chi connectivity index (χ2n) is 5.77. The van der Waals surface area contributed by atoms with E-state index in [4.69, 9.17) is 4.74 Å². The zero-order chi connectivity index (χ0) is 16.4. The molecule has 8 heteroatoms. The monoisotopic (exact) mass is 325 g/mol. The van der Waals surface area contributed by atoms with Crippen molar-refractivity contribution in [3.05, 3.63) is 36.5 Å². The van der Waals surface area contributed by atoms with E-state index in [-0.39, 0.29) is 0 Å². The first-order valence-electron chi connectivity index (χ1n) is 7.94. The Bertz CT molecular complexity index is 809. The molecule has 4 rings (SSSR count). The second-order valence-corrected chi connectivity index (χ2v) is 5.77. The quantitative estimate of drug-likeness (QED) is 0.768. The SMILES string of the molecule is COc1ccc(CN2CCN(c3ncnc4nc[nH]c34)CC2)cn1. The summed E-state index contributed by atoms with van der Waals surface area (Å²) in [5, 5.41) is 0. The molecule has 24 heavy (non-hydrogen) atoms. The van der Waals surface area contributed by atoms with Gasteiger partial charge in [-0.05, 0) is 5.56 Å². The minimum absolute atomic E-state index is 0.649. The third kappa shape index (κ3) is 2.88. The number of anilines is 1. The Hall–Kier alpha value is -2.74.